The molecular weight excluding hydrogens is 366 g/mol. The zero-order valence-corrected chi connectivity index (χ0v) is 17.2. The van der Waals surface area contributed by atoms with Gasteiger partial charge in [-0.2, -0.15) is 0 Å². The Kier molecular flexibility index (Phi) is 8.31. The van der Waals surface area contributed by atoms with E-state index < -0.39 is 0 Å². The number of pyridine rings is 1. The van der Waals surface area contributed by atoms with E-state index in [-0.39, 0.29) is 5.91 Å². The molecule has 3 rings (SSSR count). The summed E-state index contributed by atoms with van der Waals surface area (Å²) in [5.74, 6) is 1.94. The van der Waals surface area contributed by atoms with Crippen molar-refractivity contribution in [2.24, 2.45) is 0 Å². The molecule has 2 heterocycles. The van der Waals surface area contributed by atoms with Gasteiger partial charge in [-0.05, 0) is 54.7 Å². The van der Waals surface area contributed by atoms with Crippen molar-refractivity contribution in [3.05, 3.63) is 53.7 Å². The Labute approximate surface area is 173 Å². The van der Waals surface area contributed by atoms with Crippen LogP contribution in [-0.4, -0.2) is 48.7 Å². The van der Waals surface area contributed by atoms with Gasteiger partial charge in [0.05, 0.1) is 13.2 Å². The monoisotopic (exact) mass is 397 g/mol. The first-order chi connectivity index (χ1) is 14.3. The summed E-state index contributed by atoms with van der Waals surface area (Å²) in [7, 11) is 0. The molecule has 1 aliphatic heterocycles. The molecule has 0 aliphatic carbocycles. The molecular formula is C23H31N3O3. The summed E-state index contributed by atoms with van der Waals surface area (Å²) < 4.78 is 11.5. The third-order valence-electron chi connectivity index (χ3n) is 4.91. The number of rotatable bonds is 11. The Morgan fingerprint density at radius 3 is 2.86 bits per heavy atom. The molecule has 0 saturated heterocycles. The van der Waals surface area contributed by atoms with E-state index in [9.17, 15) is 4.79 Å². The van der Waals surface area contributed by atoms with Crippen LogP contribution in [0.2, 0.25) is 0 Å². The highest BCUT2D eigenvalue weighted by atomic mass is 16.5. The topological polar surface area (TPSA) is 63.7 Å². The number of ether oxygens (including phenoxy) is 2. The maximum Gasteiger partial charge on any atom is 0.223 e. The average molecular weight is 398 g/mol. The molecule has 0 unspecified atom stereocenters. The zero-order valence-electron chi connectivity index (χ0n) is 17.2. The minimum Gasteiger partial charge on any atom is -0.494 e. The van der Waals surface area contributed by atoms with E-state index in [0.29, 0.717) is 32.7 Å². The number of nitrogens with zero attached hydrogens (tertiary/aromatic N) is 2. The van der Waals surface area contributed by atoms with Crippen LogP contribution in [0.25, 0.3) is 0 Å². The van der Waals surface area contributed by atoms with Crippen LogP contribution in [0.4, 0.5) is 5.82 Å². The molecule has 1 N–H and O–H groups in total. The number of aryl methyl sites for hydroxylation is 1. The predicted molar refractivity (Wildman–Crippen MR) is 114 cm³/mol. The van der Waals surface area contributed by atoms with Gasteiger partial charge in [0.15, 0.2) is 0 Å². The fourth-order valence-corrected chi connectivity index (χ4v) is 3.35. The van der Waals surface area contributed by atoms with Crippen LogP contribution in [0, 0.1) is 0 Å². The molecule has 6 nitrogen and oxygen atoms in total. The van der Waals surface area contributed by atoms with E-state index in [1.54, 1.807) is 6.20 Å². The first-order valence-electron chi connectivity index (χ1n) is 10.5. The smallest absolute Gasteiger partial charge is 0.223 e. The van der Waals surface area contributed by atoms with Gasteiger partial charge in [0.25, 0.3) is 0 Å². The van der Waals surface area contributed by atoms with Gasteiger partial charge in [0.1, 0.15) is 11.6 Å². The van der Waals surface area contributed by atoms with Crippen molar-refractivity contribution in [1.29, 1.82) is 0 Å². The maximum atomic E-state index is 12.4. The second-order valence-corrected chi connectivity index (χ2v) is 7.20. The molecule has 0 radical (unpaired) electrons. The second kappa shape index (κ2) is 11.4. The van der Waals surface area contributed by atoms with Gasteiger partial charge in [-0.25, -0.2) is 4.98 Å². The van der Waals surface area contributed by atoms with Crippen LogP contribution in [-0.2, 0) is 22.5 Å². The summed E-state index contributed by atoms with van der Waals surface area (Å²) >= 11 is 0. The predicted octanol–water partition coefficient (Wildman–Crippen LogP) is 3.66. The number of anilines is 1. The highest BCUT2D eigenvalue weighted by Crippen LogP contribution is 2.24. The summed E-state index contributed by atoms with van der Waals surface area (Å²) in [5.41, 5.74) is 2.41. The molecule has 1 amide bonds. The van der Waals surface area contributed by atoms with Crippen molar-refractivity contribution >= 4 is 11.7 Å². The molecule has 1 aliphatic rings. The van der Waals surface area contributed by atoms with Crippen molar-refractivity contribution in [3.63, 3.8) is 0 Å². The van der Waals surface area contributed by atoms with Crippen molar-refractivity contribution in [2.75, 3.05) is 38.2 Å². The molecule has 6 heteroatoms. The van der Waals surface area contributed by atoms with Crippen molar-refractivity contribution < 1.29 is 14.3 Å². The van der Waals surface area contributed by atoms with Crippen molar-refractivity contribution in [3.8, 4) is 5.75 Å². The fraction of sp³-hybridized carbons (Fsp3) is 0.478. The van der Waals surface area contributed by atoms with E-state index in [4.69, 9.17) is 9.47 Å². The molecule has 1 aromatic carbocycles. The molecule has 0 atom stereocenters. The van der Waals surface area contributed by atoms with Crippen LogP contribution in [0.1, 0.15) is 37.3 Å². The summed E-state index contributed by atoms with van der Waals surface area (Å²) in [6.07, 6.45) is 5.00. The standard InChI is InChI=1S/C23H31N3O3/c1-2-14-28-16-13-26-18-20-17-21(9-7-19(20)8-10-23(26)27)29-15-5-12-25-22-6-3-4-11-24-22/h3-4,6-7,9,11,17H,2,5,8,10,12-16,18H2,1H3,(H,24,25). The van der Waals surface area contributed by atoms with Gasteiger partial charge in [-0.1, -0.05) is 19.1 Å². The fourth-order valence-electron chi connectivity index (χ4n) is 3.35. The van der Waals surface area contributed by atoms with Gasteiger partial charge in [-0.3, -0.25) is 4.79 Å². The maximum absolute atomic E-state index is 12.4. The van der Waals surface area contributed by atoms with E-state index >= 15 is 0 Å². The third kappa shape index (κ3) is 6.75. The molecule has 156 valence electrons. The lowest BCUT2D eigenvalue weighted by molar-refractivity contribution is -0.132. The largest absolute Gasteiger partial charge is 0.494 e. The lowest BCUT2D eigenvalue weighted by atomic mass is 10.0. The Bertz CT molecular complexity index is 767. The first-order valence-corrected chi connectivity index (χ1v) is 10.5. The number of hydrogen-bond acceptors (Lipinski definition) is 5. The molecule has 0 fully saturated rings. The first kappa shape index (κ1) is 21.1. The van der Waals surface area contributed by atoms with Gasteiger partial charge in [0, 0.05) is 38.9 Å². The number of aromatic nitrogens is 1. The Hall–Kier alpha value is -2.60. The second-order valence-electron chi connectivity index (χ2n) is 7.20. The molecule has 0 bridgehead atoms. The summed E-state index contributed by atoms with van der Waals surface area (Å²) in [6, 6.07) is 12.0. The van der Waals surface area contributed by atoms with Crippen molar-refractivity contribution in [1.82, 2.24) is 9.88 Å². The Morgan fingerprint density at radius 1 is 1.10 bits per heavy atom. The minimum atomic E-state index is 0.198. The highest BCUT2D eigenvalue weighted by molar-refractivity contribution is 5.77. The van der Waals surface area contributed by atoms with Crippen LogP contribution in [0.5, 0.6) is 5.75 Å². The molecule has 0 saturated carbocycles. The summed E-state index contributed by atoms with van der Waals surface area (Å²) in [5, 5.41) is 3.28. The zero-order chi connectivity index (χ0) is 20.3. The molecule has 29 heavy (non-hydrogen) atoms. The summed E-state index contributed by atoms with van der Waals surface area (Å²) in [4.78, 5) is 18.6. The van der Waals surface area contributed by atoms with Gasteiger partial charge < -0.3 is 19.7 Å². The average Bonchev–Trinajstić information content (AvgIpc) is 2.90. The number of fused-ring (bicyclic) bond motifs is 1. The van der Waals surface area contributed by atoms with Crippen LogP contribution in [0.15, 0.2) is 42.6 Å². The normalized spacial score (nSPS) is 13.7. The number of benzene rings is 1. The van der Waals surface area contributed by atoms with E-state index in [1.807, 2.05) is 29.2 Å². The van der Waals surface area contributed by atoms with E-state index in [1.165, 1.54) is 11.1 Å². The number of hydrogen-bond donors (Lipinski definition) is 1. The van der Waals surface area contributed by atoms with Gasteiger partial charge in [-0.15, -0.1) is 0 Å². The number of amides is 1. The quantitative estimate of drug-likeness (QED) is 0.586. The highest BCUT2D eigenvalue weighted by Gasteiger charge is 2.20. The van der Waals surface area contributed by atoms with Gasteiger partial charge >= 0.3 is 0 Å². The Balaban J connectivity index is 1.48. The number of nitrogens with one attached hydrogen (secondary N) is 1. The SMILES string of the molecule is CCCOCCN1Cc2cc(OCCCNc3ccccn3)ccc2CCC1=O. The van der Waals surface area contributed by atoms with E-state index in [0.717, 1.165) is 44.0 Å². The minimum absolute atomic E-state index is 0.198. The Morgan fingerprint density at radius 2 is 2.03 bits per heavy atom. The molecule has 1 aromatic heterocycles. The summed E-state index contributed by atoms with van der Waals surface area (Å²) in [6.45, 7) is 6.13. The van der Waals surface area contributed by atoms with E-state index in [2.05, 4.69) is 29.4 Å². The number of carbonyl (C=O) groups excluding carboxylic acids is 1. The lowest BCUT2D eigenvalue weighted by Gasteiger charge is -2.21. The van der Waals surface area contributed by atoms with Crippen molar-refractivity contribution in [2.45, 2.75) is 39.2 Å². The number of carbonyl (C=O) groups is 1. The molecule has 0 spiro atoms. The lowest BCUT2D eigenvalue weighted by Crippen LogP contribution is -2.32. The third-order valence-corrected chi connectivity index (χ3v) is 4.91. The van der Waals surface area contributed by atoms with Crippen LogP contribution < -0.4 is 10.1 Å². The van der Waals surface area contributed by atoms with Gasteiger partial charge in [0.2, 0.25) is 5.91 Å². The molecule has 2 aromatic rings. The van der Waals surface area contributed by atoms with Crippen LogP contribution in [0.3, 0.4) is 0 Å². The van der Waals surface area contributed by atoms with Crippen LogP contribution >= 0.6 is 0 Å².